The molecule has 8 heteroatoms. The highest BCUT2D eigenvalue weighted by molar-refractivity contribution is 5.90. The van der Waals surface area contributed by atoms with Gasteiger partial charge < -0.3 is 10.6 Å². The first-order chi connectivity index (χ1) is 9.35. The van der Waals surface area contributed by atoms with Crippen molar-refractivity contribution in [2.24, 2.45) is 11.7 Å². The minimum atomic E-state index is -4.16. The molecular weight excluding hydrogens is 273 g/mol. The summed E-state index contributed by atoms with van der Waals surface area (Å²) in [6.45, 7) is 0.863. The quantitative estimate of drug-likeness (QED) is 0.919. The lowest BCUT2D eigenvalue weighted by atomic mass is 9.94. The Hall–Kier alpha value is -1.86. The van der Waals surface area contributed by atoms with Gasteiger partial charge >= 0.3 is 6.18 Å². The van der Waals surface area contributed by atoms with Crippen LogP contribution in [-0.2, 0) is 0 Å². The maximum Gasteiger partial charge on any atom is 0.389 e. The predicted octanol–water partition coefficient (Wildman–Crippen LogP) is 1.74. The van der Waals surface area contributed by atoms with Gasteiger partial charge in [0.05, 0.1) is 12.4 Å². The second-order valence-corrected chi connectivity index (χ2v) is 4.90. The van der Waals surface area contributed by atoms with Crippen LogP contribution < -0.4 is 10.6 Å². The molecule has 20 heavy (non-hydrogen) atoms. The van der Waals surface area contributed by atoms with Crippen molar-refractivity contribution in [1.29, 1.82) is 0 Å². The number of alkyl halides is 3. The number of halogens is 3. The number of carbonyl (C=O) groups is 1. The molecule has 0 aliphatic carbocycles. The lowest BCUT2D eigenvalue weighted by molar-refractivity contribution is -0.144. The maximum absolute atomic E-state index is 12.4. The van der Waals surface area contributed by atoms with Crippen LogP contribution in [-0.4, -0.2) is 35.1 Å². The molecule has 1 aliphatic rings. The van der Waals surface area contributed by atoms with Crippen LogP contribution in [0.15, 0.2) is 12.4 Å². The number of nitrogens with two attached hydrogens (primary N) is 1. The molecule has 2 rings (SSSR count). The lowest BCUT2D eigenvalue weighted by Gasteiger charge is -2.33. The first-order valence-electron chi connectivity index (χ1n) is 6.29. The largest absolute Gasteiger partial charge is 0.389 e. The van der Waals surface area contributed by atoms with Gasteiger partial charge in [-0.25, -0.2) is 4.98 Å². The molecule has 1 aromatic rings. The third kappa shape index (κ3) is 3.82. The molecule has 1 atom stereocenters. The van der Waals surface area contributed by atoms with Crippen molar-refractivity contribution < 1.29 is 18.0 Å². The highest BCUT2D eigenvalue weighted by Crippen LogP contribution is 2.31. The summed E-state index contributed by atoms with van der Waals surface area (Å²) >= 11 is 0. The number of anilines is 1. The van der Waals surface area contributed by atoms with Crippen LogP contribution in [0.4, 0.5) is 19.0 Å². The van der Waals surface area contributed by atoms with E-state index in [1.54, 1.807) is 4.90 Å². The number of nitrogens with zero attached hydrogens (tertiary/aromatic N) is 3. The van der Waals surface area contributed by atoms with E-state index in [1.807, 2.05) is 0 Å². The zero-order valence-electron chi connectivity index (χ0n) is 10.7. The fourth-order valence-corrected chi connectivity index (χ4v) is 2.39. The summed E-state index contributed by atoms with van der Waals surface area (Å²) < 4.78 is 37.3. The SMILES string of the molecule is NC(=O)c1cncc(N2CCCC(CC(F)(F)F)C2)n1. The van der Waals surface area contributed by atoms with Gasteiger partial charge in [-0.3, -0.25) is 9.78 Å². The predicted molar refractivity (Wildman–Crippen MR) is 66.2 cm³/mol. The summed E-state index contributed by atoms with van der Waals surface area (Å²) in [7, 11) is 0. The summed E-state index contributed by atoms with van der Waals surface area (Å²) in [6, 6.07) is 0. The van der Waals surface area contributed by atoms with Gasteiger partial charge in [-0.05, 0) is 18.8 Å². The average molecular weight is 288 g/mol. The molecule has 0 radical (unpaired) electrons. The van der Waals surface area contributed by atoms with Gasteiger partial charge in [-0.2, -0.15) is 13.2 Å². The first kappa shape index (κ1) is 14.5. The topological polar surface area (TPSA) is 72.1 Å². The van der Waals surface area contributed by atoms with Gasteiger partial charge in [0.1, 0.15) is 11.5 Å². The Morgan fingerprint density at radius 3 is 2.85 bits per heavy atom. The molecule has 110 valence electrons. The van der Waals surface area contributed by atoms with Gasteiger partial charge in [-0.15, -0.1) is 0 Å². The number of primary amides is 1. The molecule has 1 aliphatic heterocycles. The van der Waals surface area contributed by atoms with E-state index in [4.69, 9.17) is 5.73 Å². The number of hydrogen-bond donors (Lipinski definition) is 1. The molecule has 5 nitrogen and oxygen atoms in total. The van der Waals surface area contributed by atoms with E-state index in [0.717, 1.165) is 0 Å². The summed E-state index contributed by atoms with van der Waals surface area (Å²) in [5.74, 6) is -0.765. The van der Waals surface area contributed by atoms with E-state index >= 15 is 0 Å². The number of piperidine rings is 1. The maximum atomic E-state index is 12.4. The average Bonchev–Trinajstić information content (AvgIpc) is 2.37. The Morgan fingerprint density at radius 1 is 1.45 bits per heavy atom. The summed E-state index contributed by atoms with van der Waals surface area (Å²) in [5.41, 5.74) is 5.13. The number of hydrogen-bond acceptors (Lipinski definition) is 4. The number of rotatable bonds is 3. The van der Waals surface area contributed by atoms with Crippen LogP contribution >= 0.6 is 0 Å². The molecule has 1 aromatic heterocycles. The lowest BCUT2D eigenvalue weighted by Crippen LogP contribution is -2.38. The van der Waals surface area contributed by atoms with Gasteiger partial charge in [-0.1, -0.05) is 0 Å². The Balaban J connectivity index is 2.09. The molecule has 1 fully saturated rings. The number of aromatic nitrogens is 2. The fraction of sp³-hybridized carbons (Fsp3) is 0.583. The smallest absolute Gasteiger partial charge is 0.364 e. The van der Waals surface area contributed by atoms with Crippen molar-refractivity contribution >= 4 is 11.7 Å². The number of carbonyl (C=O) groups excluding carboxylic acids is 1. The summed E-state index contributed by atoms with van der Waals surface area (Å²) in [6.07, 6.45) is -1.09. The third-order valence-electron chi connectivity index (χ3n) is 3.24. The van der Waals surface area contributed by atoms with E-state index in [1.165, 1.54) is 12.4 Å². The Morgan fingerprint density at radius 2 is 2.20 bits per heavy atom. The fourth-order valence-electron chi connectivity index (χ4n) is 2.39. The van der Waals surface area contributed by atoms with E-state index in [2.05, 4.69) is 9.97 Å². The third-order valence-corrected chi connectivity index (χ3v) is 3.24. The van der Waals surface area contributed by atoms with Crippen LogP contribution in [0.25, 0.3) is 0 Å². The van der Waals surface area contributed by atoms with E-state index in [0.29, 0.717) is 25.2 Å². The zero-order valence-corrected chi connectivity index (χ0v) is 10.7. The van der Waals surface area contributed by atoms with Crippen LogP contribution in [0.3, 0.4) is 0 Å². The Labute approximate surface area is 114 Å². The van der Waals surface area contributed by atoms with E-state index in [-0.39, 0.29) is 12.2 Å². The monoisotopic (exact) mass is 288 g/mol. The summed E-state index contributed by atoms with van der Waals surface area (Å²) in [5, 5.41) is 0. The van der Waals surface area contributed by atoms with Gasteiger partial charge in [0.2, 0.25) is 0 Å². The molecule has 0 spiro atoms. The molecule has 0 saturated carbocycles. The zero-order chi connectivity index (χ0) is 14.8. The van der Waals surface area contributed by atoms with Crippen molar-refractivity contribution in [2.75, 3.05) is 18.0 Å². The van der Waals surface area contributed by atoms with Gasteiger partial charge in [0.15, 0.2) is 0 Å². The van der Waals surface area contributed by atoms with E-state index in [9.17, 15) is 18.0 Å². The standard InChI is InChI=1S/C12H15F3N4O/c13-12(14,15)4-8-2-1-3-19(7-8)10-6-17-5-9(18-10)11(16)20/h5-6,8H,1-4,7H2,(H2,16,20). The Bertz CT molecular complexity index is 492. The normalized spacial score (nSPS) is 19.9. The van der Waals surface area contributed by atoms with Crippen LogP contribution in [0, 0.1) is 5.92 Å². The van der Waals surface area contributed by atoms with Crippen molar-refractivity contribution in [2.45, 2.75) is 25.4 Å². The summed E-state index contributed by atoms with van der Waals surface area (Å²) in [4.78, 5) is 20.6. The second-order valence-electron chi connectivity index (χ2n) is 4.90. The van der Waals surface area contributed by atoms with E-state index < -0.39 is 24.4 Å². The molecule has 0 aromatic carbocycles. The molecule has 1 amide bonds. The van der Waals surface area contributed by atoms with Gasteiger partial charge in [0, 0.05) is 19.5 Å². The number of amides is 1. The van der Waals surface area contributed by atoms with Crippen LogP contribution in [0.2, 0.25) is 0 Å². The van der Waals surface area contributed by atoms with Crippen LogP contribution in [0.5, 0.6) is 0 Å². The van der Waals surface area contributed by atoms with Crippen molar-refractivity contribution in [1.82, 2.24) is 9.97 Å². The molecule has 2 N–H and O–H groups in total. The molecule has 1 saturated heterocycles. The highest BCUT2D eigenvalue weighted by atomic mass is 19.4. The molecule has 0 bridgehead atoms. The molecule has 1 unspecified atom stereocenters. The Kier molecular flexibility index (Phi) is 4.10. The molecular formula is C12H15F3N4O. The second kappa shape index (κ2) is 5.64. The minimum Gasteiger partial charge on any atom is -0.364 e. The van der Waals surface area contributed by atoms with Crippen LogP contribution in [0.1, 0.15) is 29.8 Å². The molecule has 2 heterocycles. The highest BCUT2D eigenvalue weighted by Gasteiger charge is 2.34. The van der Waals surface area contributed by atoms with Crippen molar-refractivity contribution in [3.8, 4) is 0 Å². The van der Waals surface area contributed by atoms with Gasteiger partial charge in [0.25, 0.3) is 5.91 Å². The first-order valence-corrected chi connectivity index (χ1v) is 6.29. The van der Waals surface area contributed by atoms with Crippen molar-refractivity contribution in [3.63, 3.8) is 0 Å². The van der Waals surface area contributed by atoms with Crippen molar-refractivity contribution in [3.05, 3.63) is 18.1 Å². The minimum absolute atomic E-state index is 0.0143.